The van der Waals surface area contributed by atoms with E-state index in [1.807, 2.05) is 0 Å². The summed E-state index contributed by atoms with van der Waals surface area (Å²) in [6.07, 6.45) is 0.793. The Morgan fingerprint density at radius 1 is 1.33 bits per heavy atom. The van der Waals surface area contributed by atoms with Crippen LogP contribution in [0.4, 0.5) is 5.69 Å². The number of aromatic amines is 1. The molecule has 5 nitrogen and oxygen atoms in total. The molecule has 0 saturated carbocycles. The molecule has 0 radical (unpaired) electrons. The number of anilines is 1. The number of aromatic nitrogens is 2. The summed E-state index contributed by atoms with van der Waals surface area (Å²) < 4.78 is 5.37. The fourth-order valence-electron chi connectivity index (χ4n) is 2.32. The van der Waals surface area contributed by atoms with Crippen molar-refractivity contribution in [2.24, 2.45) is 5.73 Å². The van der Waals surface area contributed by atoms with Crippen molar-refractivity contribution in [3.63, 3.8) is 0 Å². The number of nitrogens with two attached hydrogens (primary N) is 1. The summed E-state index contributed by atoms with van der Waals surface area (Å²) >= 11 is 0. The smallest absolute Gasteiger partial charge is 0.108 e. The van der Waals surface area contributed by atoms with Gasteiger partial charge in [0, 0.05) is 25.2 Å². The summed E-state index contributed by atoms with van der Waals surface area (Å²) in [5.74, 6) is 0.964. The summed E-state index contributed by atoms with van der Waals surface area (Å²) in [5.41, 5.74) is 8.87. The van der Waals surface area contributed by atoms with Crippen LogP contribution in [-0.2, 0) is 11.2 Å². The first-order valence-electron chi connectivity index (χ1n) is 6.38. The van der Waals surface area contributed by atoms with Crippen LogP contribution in [0.15, 0.2) is 18.2 Å². The molecule has 3 rings (SSSR count). The summed E-state index contributed by atoms with van der Waals surface area (Å²) in [5, 5.41) is 0. The van der Waals surface area contributed by atoms with Crippen molar-refractivity contribution in [2.45, 2.75) is 6.42 Å². The van der Waals surface area contributed by atoms with Crippen molar-refractivity contribution in [3.05, 3.63) is 24.0 Å². The number of rotatable bonds is 3. The summed E-state index contributed by atoms with van der Waals surface area (Å²) in [6, 6.07) is 6.35. The molecule has 3 N–H and O–H groups in total. The number of ether oxygens (including phenoxy) is 1. The van der Waals surface area contributed by atoms with E-state index in [-0.39, 0.29) is 0 Å². The average Bonchev–Trinajstić information content (AvgIpc) is 2.81. The molecule has 1 fully saturated rings. The van der Waals surface area contributed by atoms with Crippen LogP contribution in [-0.4, -0.2) is 42.8 Å². The fraction of sp³-hybridized carbons (Fsp3) is 0.462. The van der Waals surface area contributed by atoms with E-state index in [1.54, 1.807) is 0 Å². The van der Waals surface area contributed by atoms with Gasteiger partial charge in [-0.25, -0.2) is 4.98 Å². The standard InChI is InChI=1S/C13H18N4O/c14-4-3-13-15-11-2-1-10(9-12(11)16-13)17-5-7-18-8-6-17/h1-2,9H,3-8,14H2,(H,15,16). The molecule has 1 aromatic carbocycles. The number of imidazole rings is 1. The molecule has 0 atom stereocenters. The minimum Gasteiger partial charge on any atom is -0.378 e. The molecule has 18 heavy (non-hydrogen) atoms. The van der Waals surface area contributed by atoms with Crippen LogP contribution in [0, 0.1) is 0 Å². The summed E-state index contributed by atoms with van der Waals surface area (Å²) in [6.45, 7) is 4.14. The number of nitrogens with zero attached hydrogens (tertiary/aromatic N) is 2. The van der Waals surface area contributed by atoms with Crippen molar-refractivity contribution in [1.29, 1.82) is 0 Å². The zero-order chi connectivity index (χ0) is 12.4. The second-order valence-corrected chi connectivity index (χ2v) is 4.52. The minimum atomic E-state index is 0.621. The van der Waals surface area contributed by atoms with Gasteiger partial charge >= 0.3 is 0 Å². The van der Waals surface area contributed by atoms with E-state index in [0.717, 1.165) is 49.6 Å². The summed E-state index contributed by atoms with van der Waals surface area (Å²) in [7, 11) is 0. The zero-order valence-corrected chi connectivity index (χ0v) is 10.4. The molecule has 2 heterocycles. The first kappa shape index (κ1) is 11.5. The average molecular weight is 246 g/mol. The molecule has 1 saturated heterocycles. The number of H-pyrrole nitrogens is 1. The fourth-order valence-corrected chi connectivity index (χ4v) is 2.32. The third-order valence-electron chi connectivity index (χ3n) is 3.27. The van der Waals surface area contributed by atoms with Gasteiger partial charge in [-0.2, -0.15) is 0 Å². The van der Waals surface area contributed by atoms with Crippen LogP contribution in [0.25, 0.3) is 11.0 Å². The second-order valence-electron chi connectivity index (χ2n) is 4.52. The van der Waals surface area contributed by atoms with Crippen LogP contribution in [0.5, 0.6) is 0 Å². The normalized spacial score (nSPS) is 16.4. The topological polar surface area (TPSA) is 67.2 Å². The Morgan fingerprint density at radius 3 is 2.94 bits per heavy atom. The Balaban J connectivity index is 1.89. The molecule has 0 aliphatic carbocycles. The predicted molar refractivity (Wildman–Crippen MR) is 71.9 cm³/mol. The van der Waals surface area contributed by atoms with Crippen LogP contribution >= 0.6 is 0 Å². The second kappa shape index (κ2) is 4.96. The third kappa shape index (κ3) is 2.19. The van der Waals surface area contributed by atoms with Crippen molar-refractivity contribution in [1.82, 2.24) is 9.97 Å². The number of benzene rings is 1. The molecule has 2 aromatic rings. The lowest BCUT2D eigenvalue weighted by Gasteiger charge is -2.28. The SMILES string of the molecule is NCCc1nc2ccc(N3CCOCC3)cc2[nH]1. The largest absolute Gasteiger partial charge is 0.378 e. The molecule has 0 unspecified atom stereocenters. The summed E-state index contributed by atoms with van der Waals surface area (Å²) in [4.78, 5) is 10.2. The van der Waals surface area contributed by atoms with E-state index in [4.69, 9.17) is 10.5 Å². The van der Waals surface area contributed by atoms with Gasteiger partial charge in [0.15, 0.2) is 0 Å². The lowest BCUT2D eigenvalue weighted by Crippen LogP contribution is -2.36. The molecule has 5 heteroatoms. The van der Waals surface area contributed by atoms with Crippen LogP contribution in [0.2, 0.25) is 0 Å². The van der Waals surface area contributed by atoms with E-state index in [2.05, 4.69) is 33.1 Å². The number of hydrogen-bond acceptors (Lipinski definition) is 4. The van der Waals surface area contributed by atoms with Gasteiger partial charge in [-0.15, -0.1) is 0 Å². The Kier molecular flexibility index (Phi) is 3.17. The Bertz CT molecular complexity index is 531. The number of fused-ring (bicyclic) bond motifs is 1. The van der Waals surface area contributed by atoms with Crippen LogP contribution in [0.3, 0.4) is 0 Å². The predicted octanol–water partition coefficient (Wildman–Crippen LogP) is 0.901. The Hall–Kier alpha value is -1.59. The van der Waals surface area contributed by atoms with Gasteiger partial charge in [-0.05, 0) is 24.7 Å². The maximum absolute atomic E-state index is 5.55. The Labute approximate surface area is 106 Å². The number of morpholine rings is 1. The molecule has 1 aliphatic rings. The van der Waals surface area contributed by atoms with Crippen molar-refractivity contribution >= 4 is 16.7 Å². The molecule has 0 bridgehead atoms. The van der Waals surface area contributed by atoms with Crippen molar-refractivity contribution in [3.8, 4) is 0 Å². The maximum Gasteiger partial charge on any atom is 0.108 e. The minimum absolute atomic E-state index is 0.621. The molecule has 1 aliphatic heterocycles. The van der Waals surface area contributed by atoms with Gasteiger partial charge in [0.05, 0.1) is 24.2 Å². The maximum atomic E-state index is 5.55. The highest BCUT2D eigenvalue weighted by Crippen LogP contribution is 2.21. The van der Waals surface area contributed by atoms with Crippen LogP contribution in [0.1, 0.15) is 5.82 Å². The lowest BCUT2D eigenvalue weighted by atomic mass is 10.2. The highest BCUT2D eigenvalue weighted by atomic mass is 16.5. The molecule has 96 valence electrons. The van der Waals surface area contributed by atoms with Gasteiger partial charge in [0.1, 0.15) is 5.82 Å². The van der Waals surface area contributed by atoms with E-state index >= 15 is 0 Å². The van der Waals surface area contributed by atoms with Crippen LogP contribution < -0.4 is 10.6 Å². The lowest BCUT2D eigenvalue weighted by molar-refractivity contribution is 0.122. The van der Waals surface area contributed by atoms with Gasteiger partial charge in [0.25, 0.3) is 0 Å². The van der Waals surface area contributed by atoms with Gasteiger partial charge in [-0.1, -0.05) is 0 Å². The number of hydrogen-bond donors (Lipinski definition) is 2. The molecular weight excluding hydrogens is 228 g/mol. The molecule has 0 spiro atoms. The monoisotopic (exact) mass is 246 g/mol. The zero-order valence-electron chi connectivity index (χ0n) is 10.4. The van der Waals surface area contributed by atoms with E-state index in [1.165, 1.54) is 5.69 Å². The highest BCUT2D eigenvalue weighted by Gasteiger charge is 2.12. The van der Waals surface area contributed by atoms with Crippen molar-refractivity contribution in [2.75, 3.05) is 37.7 Å². The van der Waals surface area contributed by atoms with E-state index in [9.17, 15) is 0 Å². The Morgan fingerprint density at radius 2 is 2.17 bits per heavy atom. The first-order chi connectivity index (χ1) is 8.86. The third-order valence-corrected chi connectivity index (χ3v) is 3.27. The van der Waals surface area contributed by atoms with E-state index in [0.29, 0.717) is 6.54 Å². The quantitative estimate of drug-likeness (QED) is 0.844. The van der Waals surface area contributed by atoms with Crippen molar-refractivity contribution < 1.29 is 4.74 Å². The molecule has 0 amide bonds. The van der Waals surface area contributed by atoms with Gasteiger partial charge in [-0.3, -0.25) is 0 Å². The van der Waals surface area contributed by atoms with Gasteiger partial charge in [0.2, 0.25) is 0 Å². The number of nitrogens with one attached hydrogen (secondary N) is 1. The highest BCUT2D eigenvalue weighted by molar-refractivity contribution is 5.79. The van der Waals surface area contributed by atoms with E-state index < -0.39 is 0 Å². The first-order valence-corrected chi connectivity index (χ1v) is 6.38. The van der Waals surface area contributed by atoms with Gasteiger partial charge < -0.3 is 20.4 Å². The molecule has 1 aromatic heterocycles. The molecular formula is C13H18N4O.